The van der Waals surface area contributed by atoms with Gasteiger partial charge >= 0.3 is 7.12 Å². The van der Waals surface area contributed by atoms with Crippen molar-refractivity contribution in [3.63, 3.8) is 0 Å². The van der Waals surface area contributed by atoms with E-state index in [1.165, 1.54) is 12.1 Å². The first-order chi connectivity index (χ1) is 11.6. The van der Waals surface area contributed by atoms with Gasteiger partial charge in [-0.1, -0.05) is 18.2 Å². The van der Waals surface area contributed by atoms with Crippen molar-refractivity contribution >= 4 is 29.3 Å². The Kier molecular flexibility index (Phi) is 4.64. The predicted molar refractivity (Wildman–Crippen MR) is 91.8 cm³/mol. The van der Waals surface area contributed by atoms with Crippen LogP contribution in [0.4, 0.5) is 10.2 Å². The van der Waals surface area contributed by atoms with Gasteiger partial charge in [0.2, 0.25) is 0 Å². The van der Waals surface area contributed by atoms with E-state index in [2.05, 4.69) is 10.3 Å². The van der Waals surface area contributed by atoms with E-state index in [0.29, 0.717) is 12.4 Å². The van der Waals surface area contributed by atoms with E-state index in [1.807, 2.05) is 24.3 Å². The lowest BCUT2D eigenvalue weighted by Gasteiger charge is -2.10. The molecule has 2 aromatic carbocycles. The monoisotopic (exact) mass is 326 g/mol. The number of nitrogens with zero attached hydrogens (tertiary/aromatic N) is 1. The second-order valence-corrected chi connectivity index (χ2v) is 5.30. The molecule has 0 atom stereocenters. The summed E-state index contributed by atoms with van der Waals surface area (Å²) >= 11 is 0. The van der Waals surface area contributed by atoms with Crippen LogP contribution in [0.1, 0.15) is 5.56 Å². The standard InChI is InChI=1S/C17H16BFN2O3/c1-24-12-4-2-11(3-5-12)10-20-16-9-6-13-15(19)8-7-14(18(22)23)17(13)21-16/h2-9,22-23H,10H2,1H3,(H,20,21). The molecule has 0 aliphatic rings. The van der Waals surface area contributed by atoms with Crippen LogP contribution in [0.3, 0.4) is 0 Å². The first-order valence-electron chi connectivity index (χ1n) is 7.40. The highest BCUT2D eigenvalue weighted by Crippen LogP contribution is 2.18. The average Bonchev–Trinajstić information content (AvgIpc) is 2.60. The van der Waals surface area contributed by atoms with Gasteiger partial charge in [-0.25, -0.2) is 9.37 Å². The number of benzene rings is 2. The van der Waals surface area contributed by atoms with Crippen LogP contribution in [0.15, 0.2) is 48.5 Å². The molecule has 0 saturated heterocycles. The minimum Gasteiger partial charge on any atom is -0.497 e. The molecule has 0 radical (unpaired) electrons. The number of hydrogen-bond donors (Lipinski definition) is 3. The summed E-state index contributed by atoms with van der Waals surface area (Å²) in [5.41, 5.74) is 1.42. The normalized spacial score (nSPS) is 10.7. The number of methoxy groups -OCH3 is 1. The van der Waals surface area contributed by atoms with Crippen molar-refractivity contribution in [2.24, 2.45) is 0 Å². The third-order valence-electron chi connectivity index (χ3n) is 3.75. The molecule has 0 amide bonds. The summed E-state index contributed by atoms with van der Waals surface area (Å²) in [5, 5.41) is 22.2. The van der Waals surface area contributed by atoms with E-state index in [4.69, 9.17) is 4.74 Å². The van der Waals surface area contributed by atoms with Gasteiger partial charge in [-0.15, -0.1) is 0 Å². The lowest BCUT2D eigenvalue weighted by molar-refractivity contribution is 0.414. The van der Waals surface area contributed by atoms with Crippen molar-refractivity contribution in [3.8, 4) is 5.75 Å². The second-order valence-electron chi connectivity index (χ2n) is 5.30. The SMILES string of the molecule is COc1ccc(CNc2ccc3c(F)ccc(B(O)O)c3n2)cc1. The van der Waals surface area contributed by atoms with Gasteiger partial charge in [0.15, 0.2) is 0 Å². The van der Waals surface area contributed by atoms with E-state index in [1.54, 1.807) is 19.2 Å². The van der Waals surface area contributed by atoms with Crippen molar-refractivity contribution in [2.75, 3.05) is 12.4 Å². The Balaban J connectivity index is 1.85. The Morgan fingerprint density at radius 2 is 1.83 bits per heavy atom. The van der Waals surface area contributed by atoms with Crippen LogP contribution >= 0.6 is 0 Å². The molecule has 0 spiro atoms. The number of aromatic nitrogens is 1. The summed E-state index contributed by atoms with van der Waals surface area (Å²) in [4.78, 5) is 4.31. The minimum absolute atomic E-state index is 0.166. The molecule has 3 rings (SSSR count). The zero-order chi connectivity index (χ0) is 17.1. The minimum atomic E-state index is -1.71. The molecule has 0 saturated carbocycles. The molecule has 3 aromatic rings. The number of ether oxygens (including phenoxy) is 1. The molecular formula is C17H16BFN2O3. The largest absolute Gasteiger partial charge is 0.497 e. The molecule has 0 unspecified atom stereocenters. The number of anilines is 1. The highest BCUT2D eigenvalue weighted by Gasteiger charge is 2.18. The second kappa shape index (κ2) is 6.86. The zero-order valence-corrected chi connectivity index (χ0v) is 13.0. The van der Waals surface area contributed by atoms with Crippen LogP contribution in [0.5, 0.6) is 5.75 Å². The summed E-state index contributed by atoms with van der Waals surface area (Å²) < 4.78 is 19.0. The predicted octanol–water partition coefficient (Wildman–Crippen LogP) is 1.67. The number of hydrogen-bond acceptors (Lipinski definition) is 5. The Bertz CT molecular complexity index is 856. The van der Waals surface area contributed by atoms with Gasteiger partial charge < -0.3 is 20.1 Å². The molecule has 1 heterocycles. The fraction of sp³-hybridized carbons (Fsp3) is 0.118. The summed E-state index contributed by atoms with van der Waals surface area (Å²) in [6.07, 6.45) is 0. The molecule has 5 nitrogen and oxygen atoms in total. The fourth-order valence-corrected chi connectivity index (χ4v) is 2.45. The third kappa shape index (κ3) is 3.32. The number of rotatable bonds is 5. The van der Waals surface area contributed by atoms with E-state index < -0.39 is 12.9 Å². The highest BCUT2D eigenvalue weighted by molar-refractivity contribution is 6.61. The number of pyridine rings is 1. The Hall–Kier alpha value is -2.64. The van der Waals surface area contributed by atoms with E-state index >= 15 is 0 Å². The zero-order valence-electron chi connectivity index (χ0n) is 13.0. The van der Waals surface area contributed by atoms with Crippen LogP contribution < -0.4 is 15.5 Å². The molecule has 122 valence electrons. The van der Waals surface area contributed by atoms with Crippen LogP contribution in [0.2, 0.25) is 0 Å². The smallest absolute Gasteiger partial charge is 0.490 e. The van der Waals surface area contributed by atoms with Crippen LogP contribution in [0, 0.1) is 5.82 Å². The van der Waals surface area contributed by atoms with Crippen molar-refractivity contribution in [1.82, 2.24) is 4.98 Å². The van der Waals surface area contributed by atoms with Gasteiger partial charge in [0.25, 0.3) is 0 Å². The van der Waals surface area contributed by atoms with Crippen molar-refractivity contribution in [1.29, 1.82) is 0 Å². The first kappa shape index (κ1) is 16.2. The maximum Gasteiger partial charge on any atom is 0.490 e. The summed E-state index contributed by atoms with van der Waals surface area (Å²) in [6.45, 7) is 0.523. The highest BCUT2D eigenvalue weighted by atomic mass is 19.1. The lowest BCUT2D eigenvalue weighted by atomic mass is 9.79. The Morgan fingerprint density at radius 1 is 1.08 bits per heavy atom. The van der Waals surface area contributed by atoms with Gasteiger partial charge in [0.1, 0.15) is 17.4 Å². The summed E-state index contributed by atoms with van der Waals surface area (Å²) in [6, 6.07) is 13.3. The molecule has 0 aliphatic carbocycles. The Morgan fingerprint density at radius 3 is 2.50 bits per heavy atom. The number of nitrogens with one attached hydrogen (secondary N) is 1. The van der Waals surface area contributed by atoms with Crippen molar-refractivity contribution in [2.45, 2.75) is 6.54 Å². The van der Waals surface area contributed by atoms with Crippen LogP contribution in [-0.4, -0.2) is 29.3 Å². The maximum atomic E-state index is 13.8. The van der Waals surface area contributed by atoms with E-state index in [9.17, 15) is 14.4 Å². The molecule has 1 aromatic heterocycles. The molecule has 3 N–H and O–H groups in total. The number of halogens is 1. The molecule has 0 fully saturated rings. The van der Waals surface area contributed by atoms with Crippen molar-refractivity contribution in [3.05, 3.63) is 59.9 Å². The third-order valence-corrected chi connectivity index (χ3v) is 3.75. The molecule has 0 bridgehead atoms. The van der Waals surface area contributed by atoms with E-state index in [0.717, 1.165) is 11.3 Å². The van der Waals surface area contributed by atoms with Gasteiger partial charge in [-0.2, -0.15) is 0 Å². The molecule has 7 heteroatoms. The van der Waals surface area contributed by atoms with Crippen molar-refractivity contribution < 1.29 is 19.2 Å². The van der Waals surface area contributed by atoms with Gasteiger partial charge in [0.05, 0.1) is 12.6 Å². The lowest BCUT2D eigenvalue weighted by Crippen LogP contribution is -2.31. The maximum absolute atomic E-state index is 13.8. The van der Waals surface area contributed by atoms with Gasteiger partial charge in [-0.3, -0.25) is 0 Å². The summed E-state index contributed by atoms with van der Waals surface area (Å²) in [5.74, 6) is 0.842. The molecule has 0 aliphatic heterocycles. The quantitative estimate of drug-likeness (QED) is 0.622. The van der Waals surface area contributed by atoms with Gasteiger partial charge in [0, 0.05) is 17.4 Å². The fourth-order valence-electron chi connectivity index (χ4n) is 2.45. The molecular weight excluding hydrogens is 310 g/mol. The van der Waals surface area contributed by atoms with Gasteiger partial charge in [-0.05, 0) is 35.9 Å². The van der Waals surface area contributed by atoms with Crippen LogP contribution in [0.25, 0.3) is 10.9 Å². The Labute approximate surface area is 138 Å². The first-order valence-corrected chi connectivity index (χ1v) is 7.40. The van der Waals surface area contributed by atoms with Crippen LogP contribution in [-0.2, 0) is 6.54 Å². The number of fused-ring (bicyclic) bond motifs is 1. The average molecular weight is 326 g/mol. The molecule has 24 heavy (non-hydrogen) atoms. The summed E-state index contributed by atoms with van der Waals surface area (Å²) in [7, 11) is -0.101. The van der Waals surface area contributed by atoms with E-state index in [-0.39, 0.29) is 16.4 Å². The topological polar surface area (TPSA) is 74.6 Å².